The van der Waals surface area contributed by atoms with Crippen molar-refractivity contribution in [3.05, 3.63) is 53.6 Å². The zero-order chi connectivity index (χ0) is 23.4. The van der Waals surface area contributed by atoms with Gasteiger partial charge in [-0.05, 0) is 55.7 Å². The van der Waals surface area contributed by atoms with E-state index in [0.717, 1.165) is 29.6 Å². The van der Waals surface area contributed by atoms with E-state index in [4.69, 9.17) is 4.74 Å². The molecule has 2 heterocycles. The number of rotatable bonds is 8. The van der Waals surface area contributed by atoms with Gasteiger partial charge < -0.3 is 15.0 Å². The number of fused-ring (bicyclic) bond motifs is 1. The maximum Gasteiger partial charge on any atom is 0.338 e. The molecule has 0 spiro atoms. The fraction of sp³-hybridized carbons (Fsp3) is 0.360. The quantitative estimate of drug-likeness (QED) is 0.483. The summed E-state index contributed by atoms with van der Waals surface area (Å²) in [6, 6.07) is 13.1. The molecule has 1 unspecified atom stereocenters. The van der Waals surface area contributed by atoms with Gasteiger partial charge in [0.2, 0.25) is 11.8 Å². The molecule has 0 saturated carbocycles. The number of unbranched alkanes of at least 4 members (excludes halogenated alkanes) is 1. The van der Waals surface area contributed by atoms with Crippen LogP contribution in [-0.4, -0.2) is 35.9 Å². The molecule has 3 aromatic rings. The summed E-state index contributed by atoms with van der Waals surface area (Å²) in [4.78, 5) is 43.5. The third-order valence-electron chi connectivity index (χ3n) is 5.69. The van der Waals surface area contributed by atoms with Crippen LogP contribution in [0.5, 0.6) is 0 Å². The smallest absolute Gasteiger partial charge is 0.338 e. The van der Waals surface area contributed by atoms with Crippen molar-refractivity contribution >= 4 is 50.2 Å². The lowest BCUT2D eigenvalue weighted by atomic mass is 10.1. The molecule has 1 aliphatic heterocycles. The third-order valence-corrected chi connectivity index (χ3v) is 6.63. The van der Waals surface area contributed by atoms with Gasteiger partial charge in [0, 0.05) is 18.7 Å². The first-order chi connectivity index (χ1) is 16.0. The third kappa shape index (κ3) is 5.22. The number of nitrogens with zero attached hydrogens (tertiary/aromatic N) is 2. The molecule has 2 amide bonds. The molecule has 1 atom stereocenters. The predicted molar refractivity (Wildman–Crippen MR) is 130 cm³/mol. The lowest BCUT2D eigenvalue weighted by Gasteiger charge is -2.17. The number of ether oxygens (including phenoxy) is 1. The molecular formula is C25H27N3O4S. The highest BCUT2D eigenvalue weighted by molar-refractivity contribution is 7.22. The minimum Gasteiger partial charge on any atom is -0.462 e. The average Bonchev–Trinajstić information content (AvgIpc) is 3.40. The second-order valence-electron chi connectivity index (χ2n) is 8.09. The Bertz CT molecular complexity index is 1170. The van der Waals surface area contributed by atoms with Crippen LogP contribution in [0.15, 0.2) is 42.5 Å². The van der Waals surface area contributed by atoms with E-state index in [2.05, 4.69) is 29.4 Å². The normalized spacial score (nSPS) is 15.8. The number of carbonyl (C=O) groups is 3. The lowest BCUT2D eigenvalue weighted by Crippen LogP contribution is -2.28. The van der Waals surface area contributed by atoms with E-state index in [-0.39, 0.29) is 24.2 Å². The molecule has 0 bridgehead atoms. The SMILES string of the molecule is CCCCc1ccc(N2CC(C(=O)Nc3nc4ccc(C(=O)OCC)cc4s3)CC2=O)cc1. The van der Waals surface area contributed by atoms with Gasteiger partial charge in [0.1, 0.15) is 0 Å². The fourth-order valence-corrected chi connectivity index (χ4v) is 4.79. The Morgan fingerprint density at radius 2 is 1.97 bits per heavy atom. The molecule has 1 aromatic heterocycles. The van der Waals surface area contributed by atoms with E-state index in [1.165, 1.54) is 16.9 Å². The Hall–Kier alpha value is -3.26. The Morgan fingerprint density at radius 1 is 1.18 bits per heavy atom. The van der Waals surface area contributed by atoms with Crippen LogP contribution in [0.3, 0.4) is 0 Å². The average molecular weight is 466 g/mol. The van der Waals surface area contributed by atoms with E-state index in [1.54, 1.807) is 30.0 Å². The van der Waals surface area contributed by atoms with E-state index in [9.17, 15) is 14.4 Å². The molecule has 0 radical (unpaired) electrons. The fourth-order valence-electron chi connectivity index (χ4n) is 3.88. The van der Waals surface area contributed by atoms with Gasteiger partial charge in [-0.15, -0.1) is 0 Å². The first-order valence-corrected chi connectivity index (χ1v) is 12.1. The van der Waals surface area contributed by atoms with Crippen molar-refractivity contribution in [2.45, 2.75) is 39.5 Å². The number of hydrogen-bond acceptors (Lipinski definition) is 6. The van der Waals surface area contributed by atoms with Crippen molar-refractivity contribution in [3.8, 4) is 0 Å². The standard InChI is InChI=1S/C25H27N3O4S/c1-3-5-6-16-7-10-19(11-8-16)28-15-18(14-22(28)29)23(30)27-25-26-20-12-9-17(13-21(20)33-25)24(31)32-4-2/h7-13,18H,3-6,14-15H2,1-2H3,(H,26,27,30). The molecule has 8 heteroatoms. The zero-order valence-corrected chi connectivity index (χ0v) is 19.6. The molecular weight excluding hydrogens is 438 g/mol. The van der Waals surface area contributed by atoms with Gasteiger partial charge in [-0.1, -0.05) is 36.8 Å². The van der Waals surface area contributed by atoms with Crippen molar-refractivity contribution < 1.29 is 19.1 Å². The van der Waals surface area contributed by atoms with E-state index < -0.39 is 5.92 Å². The van der Waals surface area contributed by atoms with Crippen molar-refractivity contribution in [3.63, 3.8) is 0 Å². The maximum absolute atomic E-state index is 12.8. The first-order valence-electron chi connectivity index (χ1n) is 11.3. The first kappa shape index (κ1) is 22.9. The van der Waals surface area contributed by atoms with Crippen LogP contribution in [0.4, 0.5) is 10.8 Å². The summed E-state index contributed by atoms with van der Waals surface area (Å²) in [7, 11) is 0. The molecule has 2 aromatic carbocycles. The van der Waals surface area contributed by atoms with Crippen LogP contribution in [0, 0.1) is 5.92 Å². The Balaban J connectivity index is 1.41. The summed E-state index contributed by atoms with van der Waals surface area (Å²) in [5, 5.41) is 3.29. The number of aryl methyl sites for hydroxylation is 1. The van der Waals surface area contributed by atoms with Gasteiger partial charge in [0.25, 0.3) is 0 Å². The molecule has 1 fully saturated rings. The molecule has 4 rings (SSSR count). The van der Waals surface area contributed by atoms with Crippen molar-refractivity contribution in [2.24, 2.45) is 5.92 Å². The van der Waals surface area contributed by atoms with Crippen molar-refractivity contribution in [2.75, 3.05) is 23.4 Å². The van der Waals surface area contributed by atoms with Gasteiger partial charge in [-0.25, -0.2) is 9.78 Å². The van der Waals surface area contributed by atoms with E-state index in [1.807, 2.05) is 12.1 Å². The van der Waals surface area contributed by atoms with Gasteiger partial charge in [0.15, 0.2) is 5.13 Å². The van der Waals surface area contributed by atoms with Gasteiger partial charge >= 0.3 is 5.97 Å². The number of amides is 2. The summed E-state index contributed by atoms with van der Waals surface area (Å²) in [6.07, 6.45) is 3.48. The van der Waals surface area contributed by atoms with Crippen LogP contribution in [0.1, 0.15) is 49.0 Å². The minimum atomic E-state index is -0.445. The highest BCUT2D eigenvalue weighted by Crippen LogP contribution is 2.30. The second-order valence-corrected chi connectivity index (χ2v) is 9.12. The van der Waals surface area contributed by atoms with Crippen LogP contribution < -0.4 is 10.2 Å². The van der Waals surface area contributed by atoms with E-state index in [0.29, 0.717) is 29.4 Å². The summed E-state index contributed by atoms with van der Waals surface area (Å²) in [6.45, 7) is 4.57. The summed E-state index contributed by atoms with van der Waals surface area (Å²) >= 11 is 1.29. The van der Waals surface area contributed by atoms with Crippen LogP contribution in [0.2, 0.25) is 0 Å². The molecule has 7 nitrogen and oxygen atoms in total. The summed E-state index contributed by atoms with van der Waals surface area (Å²) in [5.74, 6) is -1.12. The summed E-state index contributed by atoms with van der Waals surface area (Å²) < 4.78 is 5.82. The second kappa shape index (κ2) is 10.1. The number of carbonyl (C=O) groups excluding carboxylic acids is 3. The van der Waals surface area contributed by atoms with Crippen molar-refractivity contribution in [1.82, 2.24) is 4.98 Å². The number of esters is 1. The van der Waals surface area contributed by atoms with Gasteiger partial charge in [0.05, 0.1) is 28.3 Å². The maximum atomic E-state index is 12.8. The Labute approximate surface area is 196 Å². The molecule has 0 aliphatic carbocycles. The molecule has 1 N–H and O–H groups in total. The van der Waals surface area contributed by atoms with Crippen LogP contribution in [-0.2, 0) is 20.7 Å². The molecule has 172 valence electrons. The molecule has 33 heavy (non-hydrogen) atoms. The number of aromatic nitrogens is 1. The van der Waals surface area contributed by atoms with Crippen molar-refractivity contribution in [1.29, 1.82) is 0 Å². The Kier molecular flexibility index (Phi) is 7.03. The highest BCUT2D eigenvalue weighted by Gasteiger charge is 2.35. The topological polar surface area (TPSA) is 88.6 Å². The molecule has 1 aliphatic rings. The van der Waals surface area contributed by atoms with Crippen LogP contribution >= 0.6 is 11.3 Å². The number of nitrogens with one attached hydrogen (secondary N) is 1. The predicted octanol–water partition coefficient (Wildman–Crippen LogP) is 4.81. The van der Waals surface area contributed by atoms with E-state index >= 15 is 0 Å². The Morgan fingerprint density at radius 3 is 2.70 bits per heavy atom. The lowest BCUT2D eigenvalue weighted by molar-refractivity contribution is -0.122. The largest absolute Gasteiger partial charge is 0.462 e. The number of hydrogen-bond donors (Lipinski definition) is 1. The zero-order valence-electron chi connectivity index (χ0n) is 18.8. The number of benzene rings is 2. The minimum absolute atomic E-state index is 0.0557. The van der Waals surface area contributed by atoms with Gasteiger partial charge in [-0.2, -0.15) is 0 Å². The highest BCUT2D eigenvalue weighted by atomic mass is 32.1. The number of thiazole rings is 1. The van der Waals surface area contributed by atoms with Crippen LogP contribution in [0.25, 0.3) is 10.2 Å². The number of anilines is 2. The summed E-state index contributed by atoms with van der Waals surface area (Å²) in [5.41, 5.74) is 3.21. The van der Waals surface area contributed by atoms with Gasteiger partial charge in [-0.3, -0.25) is 9.59 Å². The molecule has 1 saturated heterocycles. The monoisotopic (exact) mass is 465 g/mol.